The Hall–Kier alpha value is -1.43. The van der Waals surface area contributed by atoms with Crippen LogP contribution in [0.4, 0.5) is 0 Å². The Morgan fingerprint density at radius 1 is 1.30 bits per heavy atom. The largest absolute Gasteiger partial charge is 0.378 e. The fraction of sp³-hybridized carbons (Fsp3) is 0.533. The van der Waals surface area contributed by atoms with Gasteiger partial charge in [-0.05, 0) is 18.2 Å². The molecule has 1 aliphatic heterocycles. The number of hydrogen-bond acceptors (Lipinski definition) is 4. The number of benzene rings is 1. The van der Waals surface area contributed by atoms with Crippen molar-refractivity contribution in [1.29, 1.82) is 0 Å². The fourth-order valence-electron chi connectivity index (χ4n) is 2.40. The van der Waals surface area contributed by atoms with E-state index in [1.165, 1.54) is 5.56 Å². The summed E-state index contributed by atoms with van der Waals surface area (Å²) in [4.78, 5) is 16.1. The van der Waals surface area contributed by atoms with E-state index in [0.717, 1.165) is 12.1 Å². The summed E-state index contributed by atoms with van der Waals surface area (Å²) in [5, 5.41) is 0. The monoisotopic (exact) mass is 277 g/mol. The van der Waals surface area contributed by atoms with Crippen molar-refractivity contribution in [3.63, 3.8) is 0 Å². The van der Waals surface area contributed by atoms with E-state index < -0.39 is 0 Å². The highest BCUT2D eigenvalue weighted by atomic mass is 16.5. The highest BCUT2D eigenvalue weighted by molar-refractivity contribution is 5.78. The van der Waals surface area contributed by atoms with E-state index in [2.05, 4.69) is 6.07 Å². The molecule has 2 N–H and O–H groups in total. The lowest BCUT2D eigenvalue weighted by molar-refractivity contribution is -0.136. The summed E-state index contributed by atoms with van der Waals surface area (Å²) >= 11 is 0. The van der Waals surface area contributed by atoms with Crippen LogP contribution in [0, 0.1) is 0 Å². The van der Waals surface area contributed by atoms with Crippen LogP contribution in [0.2, 0.25) is 0 Å². The SMILES string of the molecule is CN(CC(=O)N1CCOCC1)Cc1ccccc1CN. The van der Waals surface area contributed by atoms with Crippen LogP contribution in [0.1, 0.15) is 11.1 Å². The van der Waals surface area contributed by atoms with Crippen LogP contribution >= 0.6 is 0 Å². The molecule has 1 aromatic rings. The lowest BCUT2D eigenvalue weighted by Gasteiger charge is -2.29. The summed E-state index contributed by atoms with van der Waals surface area (Å²) in [5.74, 6) is 0.168. The molecular formula is C15H23N3O2. The van der Waals surface area contributed by atoms with Crippen molar-refractivity contribution in [2.45, 2.75) is 13.1 Å². The van der Waals surface area contributed by atoms with Gasteiger partial charge in [-0.3, -0.25) is 9.69 Å². The van der Waals surface area contributed by atoms with Crippen molar-refractivity contribution < 1.29 is 9.53 Å². The van der Waals surface area contributed by atoms with Gasteiger partial charge in [-0.1, -0.05) is 24.3 Å². The predicted molar refractivity (Wildman–Crippen MR) is 78.1 cm³/mol. The van der Waals surface area contributed by atoms with Gasteiger partial charge >= 0.3 is 0 Å². The van der Waals surface area contributed by atoms with Gasteiger partial charge in [0, 0.05) is 26.2 Å². The first kappa shape index (κ1) is 15.0. The number of morpholine rings is 1. The third kappa shape index (κ3) is 4.03. The number of amides is 1. The van der Waals surface area contributed by atoms with Crippen LogP contribution in [-0.4, -0.2) is 55.6 Å². The van der Waals surface area contributed by atoms with Crippen molar-refractivity contribution >= 4 is 5.91 Å². The van der Waals surface area contributed by atoms with Crippen LogP contribution in [0.5, 0.6) is 0 Å². The number of ether oxygens (including phenoxy) is 1. The summed E-state index contributed by atoms with van der Waals surface area (Å²) in [6, 6.07) is 8.10. The first-order chi connectivity index (χ1) is 9.70. The summed E-state index contributed by atoms with van der Waals surface area (Å²) in [5.41, 5.74) is 8.06. The molecule has 0 aromatic heterocycles. The molecule has 20 heavy (non-hydrogen) atoms. The second kappa shape index (κ2) is 7.38. The zero-order valence-corrected chi connectivity index (χ0v) is 12.0. The third-order valence-electron chi connectivity index (χ3n) is 3.55. The van der Waals surface area contributed by atoms with Crippen LogP contribution in [0.25, 0.3) is 0 Å². The Kier molecular flexibility index (Phi) is 5.52. The lowest BCUT2D eigenvalue weighted by Crippen LogP contribution is -2.44. The molecule has 1 amide bonds. The maximum atomic E-state index is 12.2. The number of likely N-dealkylation sites (N-methyl/N-ethyl adjacent to an activating group) is 1. The Bertz CT molecular complexity index is 444. The molecule has 0 radical (unpaired) electrons. The zero-order valence-electron chi connectivity index (χ0n) is 12.0. The van der Waals surface area contributed by atoms with Gasteiger partial charge in [-0.2, -0.15) is 0 Å². The molecule has 0 saturated carbocycles. The first-order valence-corrected chi connectivity index (χ1v) is 7.01. The van der Waals surface area contributed by atoms with Gasteiger partial charge in [-0.15, -0.1) is 0 Å². The minimum Gasteiger partial charge on any atom is -0.378 e. The molecule has 5 heteroatoms. The maximum absolute atomic E-state index is 12.2. The Morgan fingerprint density at radius 2 is 1.95 bits per heavy atom. The fourth-order valence-corrected chi connectivity index (χ4v) is 2.40. The predicted octanol–water partition coefficient (Wildman–Crippen LogP) is 0.436. The van der Waals surface area contributed by atoms with Gasteiger partial charge in [0.15, 0.2) is 0 Å². The highest BCUT2D eigenvalue weighted by Crippen LogP contribution is 2.10. The van der Waals surface area contributed by atoms with Gasteiger partial charge < -0.3 is 15.4 Å². The number of carbonyl (C=O) groups is 1. The van der Waals surface area contributed by atoms with Crippen molar-refractivity contribution in [1.82, 2.24) is 9.80 Å². The smallest absolute Gasteiger partial charge is 0.236 e. The topological polar surface area (TPSA) is 58.8 Å². The van der Waals surface area contributed by atoms with Crippen LogP contribution in [0.15, 0.2) is 24.3 Å². The number of carbonyl (C=O) groups excluding carboxylic acids is 1. The quantitative estimate of drug-likeness (QED) is 0.848. The lowest BCUT2D eigenvalue weighted by atomic mass is 10.1. The van der Waals surface area contributed by atoms with E-state index in [1.54, 1.807) is 0 Å². The molecule has 1 aromatic carbocycles. The number of rotatable bonds is 5. The van der Waals surface area contributed by atoms with Crippen LogP contribution in [-0.2, 0) is 22.6 Å². The zero-order chi connectivity index (χ0) is 14.4. The number of nitrogens with two attached hydrogens (primary N) is 1. The maximum Gasteiger partial charge on any atom is 0.236 e. The van der Waals surface area contributed by atoms with Gasteiger partial charge in [0.2, 0.25) is 5.91 Å². The highest BCUT2D eigenvalue weighted by Gasteiger charge is 2.18. The van der Waals surface area contributed by atoms with E-state index in [-0.39, 0.29) is 5.91 Å². The van der Waals surface area contributed by atoms with E-state index in [0.29, 0.717) is 39.4 Å². The minimum absolute atomic E-state index is 0.168. The van der Waals surface area contributed by atoms with Gasteiger partial charge in [0.05, 0.1) is 19.8 Å². The molecule has 1 saturated heterocycles. The first-order valence-electron chi connectivity index (χ1n) is 7.01. The molecule has 0 bridgehead atoms. The molecule has 5 nitrogen and oxygen atoms in total. The van der Waals surface area contributed by atoms with E-state index in [9.17, 15) is 4.79 Å². The van der Waals surface area contributed by atoms with E-state index in [4.69, 9.17) is 10.5 Å². The molecular weight excluding hydrogens is 254 g/mol. The van der Waals surface area contributed by atoms with Gasteiger partial charge in [0.1, 0.15) is 0 Å². The molecule has 110 valence electrons. The molecule has 1 aliphatic rings. The number of hydrogen-bond donors (Lipinski definition) is 1. The van der Waals surface area contributed by atoms with Crippen molar-refractivity contribution in [3.8, 4) is 0 Å². The van der Waals surface area contributed by atoms with Crippen molar-refractivity contribution in [3.05, 3.63) is 35.4 Å². The molecule has 0 unspecified atom stereocenters. The third-order valence-corrected chi connectivity index (χ3v) is 3.55. The van der Waals surface area contributed by atoms with Crippen LogP contribution in [0.3, 0.4) is 0 Å². The van der Waals surface area contributed by atoms with Crippen molar-refractivity contribution in [2.75, 3.05) is 39.9 Å². The average molecular weight is 277 g/mol. The molecule has 0 atom stereocenters. The summed E-state index contributed by atoms with van der Waals surface area (Å²) < 4.78 is 5.26. The summed E-state index contributed by atoms with van der Waals surface area (Å²) in [6.45, 7) is 4.39. The Morgan fingerprint density at radius 3 is 2.60 bits per heavy atom. The van der Waals surface area contributed by atoms with E-state index >= 15 is 0 Å². The molecule has 0 spiro atoms. The number of nitrogens with zero attached hydrogens (tertiary/aromatic N) is 2. The molecule has 0 aliphatic carbocycles. The van der Waals surface area contributed by atoms with Crippen LogP contribution < -0.4 is 5.73 Å². The Labute approximate surface area is 120 Å². The normalized spacial score (nSPS) is 15.7. The van der Waals surface area contributed by atoms with E-state index in [1.807, 2.05) is 35.0 Å². The van der Waals surface area contributed by atoms with Gasteiger partial charge in [0.25, 0.3) is 0 Å². The molecule has 2 rings (SSSR count). The average Bonchev–Trinajstić information content (AvgIpc) is 2.48. The standard InChI is InChI=1S/C15H23N3O2/c1-17(11-14-5-3-2-4-13(14)10-16)12-15(19)18-6-8-20-9-7-18/h2-5H,6-12,16H2,1H3. The minimum atomic E-state index is 0.168. The Balaban J connectivity index is 1.88. The second-order valence-electron chi connectivity index (χ2n) is 5.14. The van der Waals surface area contributed by atoms with Crippen molar-refractivity contribution in [2.24, 2.45) is 5.73 Å². The summed E-state index contributed by atoms with van der Waals surface area (Å²) in [7, 11) is 1.96. The second-order valence-corrected chi connectivity index (χ2v) is 5.14. The molecule has 1 heterocycles. The molecule has 1 fully saturated rings. The summed E-state index contributed by atoms with van der Waals surface area (Å²) in [6.07, 6.45) is 0. The van der Waals surface area contributed by atoms with Gasteiger partial charge in [-0.25, -0.2) is 0 Å².